The van der Waals surface area contributed by atoms with Gasteiger partial charge < -0.3 is 14.8 Å². The first-order valence-corrected chi connectivity index (χ1v) is 10.2. The Kier molecular flexibility index (Phi) is 6.68. The van der Waals surface area contributed by atoms with Gasteiger partial charge in [0.2, 0.25) is 15.9 Å². The van der Waals surface area contributed by atoms with E-state index in [4.69, 9.17) is 9.47 Å². The van der Waals surface area contributed by atoms with Crippen LogP contribution in [0.2, 0.25) is 0 Å². The van der Waals surface area contributed by atoms with Gasteiger partial charge in [0.05, 0.1) is 26.2 Å². The van der Waals surface area contributed by atoms with Crippen molar-refractivity contribution in [3.8, 4) is 11.5 Å². The standard InChI is InChI=1S/C19H24N2O5S/c1-14(21(27(4,23)24)16-8-6-5-7-9-16)19(22)20-13-15-10-11-17(25-2)18(12-15)26-3/h5-12,14H,13H2,1-4H3,(H,20,22)/t14-/m1/s1. The van der Waals surface area contributed by atoms with Crippen LogP contribution in [-0.2, 0) is 21.4 Å². The number of para-hydroxylation sites is 1. The maximum absolute atomic E-state index is 12.6. The van der Waals surface area contributed by atoms with Crippen LogP contribution in [0.3, 0.4) is 0 Å². The number of amides is 1. The quantitative estimate of drug-likeness (QED) is 0.744. The van der Waals surface area contributed by atoms with Gasteiger partial charge in [-0.2, -0.15) is 0 Å². The van der Waals surface area contributed by atoms with Gasteiger partial charge in [-0.05, 0) is 36.8 Å². The molecule has 0 fully saturated rings. The number of anilines is 1. The van der Waals surface area contributed by atoms with Crippen molar-refractivity contribution >= 4 is 21.6 Å². The molecule has 0 aliphatic carbocycles. The molecule has 1 atom stereocenters. The predicted molar refractivity (Wildman–Crippen MR) is 105 cm³/mol. The normalized spacial score (nSPS) is 12.1. The molecule has 2 rings (SSSR count). The average Bonchev–Trinajstić information content (AvgIpc) is 2.65. The van der Waals surface area contributed by atoms with Crippen molar-refractivity contribution in [2.24, 2.45) is 0 Å². The number of carbonyl (C=O) groups is 1. The van der Waals surface area contributed by atoms with Gasteiger partial charge in [0.15, 0.2) is 11.5 Å². The van der Waals surface area contributed by atoms with Crippen molar-refractivity contribution in [1.29, 1.82) is 0 Å². The van der Waals surface area contributed by atoms with Crippen molar-refractivity contribution in [2.45, 2.75) is 19.5 Å². The number of ether oxygens (including phenoxy) is 2. The molecule has 0 aromatic heterocycles. The van der Waals surface area contributed by atoms with Crippen LogP contribution in [0, 0.1) is 0 Å². The number of rotatable bonds is 8. The summed E-state index contributed by atoms with van der Waals surface area (Å²) in [5.41, 5.74) is 1.24. The van der Waals surface area contributed by atoms with E-state index in [-0.39, 0.29) is 6.54 Å². The third-order valence-electron chi connectivity index (χ3n) is 4.01. The summed E-state index contributed by atoms with van der Waals surface area (Å²) >= 11 is 0. The number of nitrogens with one attached hydrogen (secondary N) is 1. The summed E-state index contributed by atoms with van der Waals surface area (Å²) in [4.78, 5) is 12.6. The summed E-state index contributed by atoms with van der Waals surface area (Å²) in [6, 6.07) is 12.9. The summed E-state index contributed by atoms with van der Waals surface area (Å²) in [5.74, 6) is 0.742. The molecule has 7 nitrogen and oxygen atoms in total. The average molecular weight is 392 g/mol. The minimum Gasteiger partial charge on any atom is -0.493 e. The Balaban J connectivity index is 2.14. The molecule has 0 heterocycles. The van der Waals surface area contributed by atoms with Crippen molar-refractivity contribution in [2.75, 3.05) is 24.8 Å². The fourth-order valence-corrected chi connectivity index (χ4v) is 3.89. The van der Waals surface area contributed by atoms with Gasteiger partial charge in [-0.1, -0.05) is 24.3 Å². The zero-order chi connectivity index (χ0) is 20.0. The minimum atomic E-state index is -3.63. The lowest BCUT2D eigenvalue weighted by atomic mass is 10.2. The molecule has 0 aliphatic rings. The lowest BCUT2D eigenvalue weighted by molar-refractivity contribution is -0.122. The molecule has 1 amide bonds. The van der Waals surface area contributed by atoms with E-state index in [0.717, 1.165) is 16.1 Å². The molecule has 146 valence electrons. The number of hydrogen-bond acceptors (Lipinski definition) is 5. The first kappa shape index (κ1) is 20.6. The molecule has 0 radical (unpaired) electrons. The lowest BCUT2D eigenvalue weighted by Crippen LogP contribution is -2.47. The molecule has 0 bridgehead atoms. The van der Waals surface area contributed by atoms with Crippen molar-refractivity contribution in [3.63, 3.8) is 0 Å². The second-order valence-corrected chi connectivity index (χ2v) is 7.84. The van der Waals surface area contributed by atoms with Gasteiger partial charge in [-0.3, -0.25) is 9.10 Å². The predicted octanol–water partition coefficient (Wildman–Crippen LogP) is 2.17. The minimum absolute atomic E-state index is 0.232. The Morgan fingerprint density at radius 2 is 1.70 bits per heavy atom. The van der Waals surface area contributed by atoms with Crippen LogP contribution in [-0.4, -0.2) is 40.8 Å². The topological polar surface area (TPSA) is 84.9 Å². The van der Waals surface area contributed by atoms with Gasteiger partial charge in [0.25, 0.3) is 0 Å². The Morgan fingerprint density at radius 3 is 2.26 bits per heavy atom. The van der Waals surface area contributed by atoms with Gasteiger partial charge >= 0.3 is 0 Å². The molecule has 0 spiro atoms. The molecular formula is C19H24N2O5S. The van der Waals surface area contributed by atoms with Crippen molar-refractivity contribution in [3.05, 3.63) is 54.1 Å². The van der Waals surface area contributed by atoms with Crippen LogP contribution in [0.1, 0.15) is 12.5 Å². The molecule has 2 aromatic rings. The van der Waals surface area contributed by atoms with Crippen LogP contribution >= 0.6 is 0 Å². The summed E-state index contributed by atoms with van der Waals surface area (Å²) in [6.07, 6.45) is 1.08. The Morgan fingerprint density at radius 1 is 1.07 bits per heavy atom. The number of sulfonamides is 1. The van der Waals surface area contributed by atoms with E-state index < -0.39 is 22.0 Å². The summed E-state index contributed by atoms with van der Waals surface area (Å²) in [7, 11) is -0.549. The molecule has 2 aromatic carbocycles. The summed E-state index contributed by atoms with van der Waals surface area (Å²) in [5, 5.41) is 2.77. The molecule has 0 unspecified atom stereocenters. The lowest BCUT2D eigenvalue weighted by Gasteiger charge is -2.28. The first-order chi connectivity index (χ1) is 12.8. The van der Waals surface area contributed by atoms with E-state index in [1.54, 1.807) is 62.6 Å². The van der Waals surface area contributed by atoms with Gasteiger partial charge in [-0.25, -0.2) is 8.42 Å². The summed E-state index contributed by atoms with van der Waals surface area (Å²) < 4.78 is 36.0. The SMILES string of the molecule is COc1ccc(CNC(=O)[C@@H](C)N(c2ccccc2)S(C)(=O)=O)cc1OC. The van der Waals surface area contributed by atoms with E-state index in [0.29, 0.717) is 17.2 Å². The van der Waals surface area contributed by atoms with Gasteiger partial charge in [-0.15, -0.1) is 0 Å². The summed E-state index contributed by atoms with van der Waals surface area (Å²) in [6.45, 7) is 1.79. The number of hydrogen-bond donors (Lipinski definition) is 1. The third-order valence-corrected chi connectivity index (χ3v) is 5.26. The van der Waals surface area contributed by atoms with Crippen molar-refractivity contribution < 1.29 is 22.7 Å². The van der Waals surface area contributed by atoms with E-state index in [9.17, 15) is 13.2 Å². The highest BCUT2D eigenvalue weighted by Crippen LogP contribution is 2.27. The van der Waals surface area contributed by atoms with E-state index >= 15 is 0 Å². The largest absolute Gasteiger partial charge is 0.493 e. The smallest absolute Gasteiger partial charge is 0.243 e. The third kappa shape index (κ3) is 5.13. The Hall–Kier alpha value is -2.74. The van der Waals surface area contributed by atoms with Crippen LogP contribution < -0.4 is 19.1 Å². The second-order valence-electron chi connectivity index (χ2n) is 5.98. The molecular weight excluding hydrogens is 368 g/mol. The first-order valence-electron chi connectivity index (χ1n) is 8.31. The molecule has 27 heavy (non-hydrogen) atoms. The van der Waals surface area contributed by atoms with Gasteiger partial charge in [0, 0.05) is 6.54 Å². The van der Waals surface area contributed by atoms with Crippen LogP contribution in [0.4, 0.5) is 5.69 Å². The fourth-order valence-electron chi connectivity index (χ4n) is 2.71. The van der Waals surface area contributed by atoms with Crippen molar-refractivity contribution in [1.82, 2.24) is 5.32 Å². The highest BCUT2D eigenvalue weighted by molar-refractivity contribution is 7.92. The van der Waals surface area contributed by atoms with Crippen LogP contribution in [0.25, 0.3) is 0 Å². The van der Waals surface area contributed by atoms with E-state index in [1.807, 2.05) is 0 Å². The number of benzene rings is 2. The maximum atomic E-state index is 12.6. The monoisotopic (exact) mass is 392 g/mol. The zero-order valence-electron chi connectivity index (χ0n) is 15.8. The van der Waals surface area contributed by atoms with E-state index in [2.05, 4.69) is 5.32 Å². The zero-order valence-corrected chi connectivity index (χ0v) is 16.6. The Labute approximate surface area is 160 Å². The number of carbonyl (C=O) groups excluding carboxylic acids is 1. The number of methoxy groups -OCH3 is 2. The molecule has 0 aliphatic heterocycles. The molecule has 8 heteroatoms. The second kappa shape index (κ2) is 8.77. The Bertz CT molecular complexity index is 884. The number of nitrogens with zero attached hydrogens (tertiary/aromatic N) is 1. The highest BCUT2D eigenvalue weighted by atomic mass is 32.2. The molecule has 1 N–H and O–H groups in total. The van der Waals surface area contributed by atoms with E-state index in [1.165, 1.54) is 7.11 Å². The molecule has 0 saturated carbocycles. The van der Waals surface area contributed by atoms with Crippen LogP contribution in [0.5, 0.6) is 11.5 Å². The van der Waals surface area contributed by atoms with Gasteiger partial charge in [0.1, 0.15) is 6.04 Å². The fraction of sp³-hybridized carbons (Fsp3) is 0.316. The van der Waals surface area contributed by atoms with Crippen LogP contribution in [0.15, 0.2) is 48.5 Å². The highest BCUT2D eigenvalue weighted by Gasteiger charge is 2.28. The maximum Gasteiger partial charge on any atom is 0.243 e. The molecule has 0 saturated heterocycles.